The van der Waals surface area contributed by atoms with Gasteiger partial charge >= 0.3 is 0 Å². The first-order valence-electron chi connectivity index (χ1n) is 6.33. The smallest absolute Gasteiger partial charge is 0.123 e. The van der Waals surface area contributed by atoms with Gasteiger partial charge in [0, 0.05) is 5.56 Å². The van der Waals surface area contributed by atoms with Gasteiger partial charge in [0.15, 0.2) is 0 Å². The summed E-state index contributed by atoms with van der Waals surface area (Å²) in [6, 6.07) is 8.52. The van der Waals surface area contributed by atoms with Crippen molar-refractivity contribution in [1.82, 2.24) is 4.90 Å². The fourth-order valence-corrected chi connectivity index (χ4v) is 1.95. The Labute approximate surface area is 110 Å². The Morgan fingerprint density at radius 1 is 1.39 bits per heavy atom. The number of rotatable bonds is 6. The summed E-state index contributed by atoms with van der Waals surface area (Å²) in [5, 5.41) is 9.35. The molecule has 0 aliphatic heterocycles. The van der Waals surface area contributed by atoms with Gasteiger partial charge in [-0.05, 0) is 45.1 Å². The van der Waals surface area contributed by atoms with Gasteiger partial charge in [-0.2, -0.15) is 5.26 Å². The molecule has 0 bridgehead atoms. The zero-order valence-electron chi connectivity index (χ0n) is 11.7. The highest BCUT2D eigenvalue weighted by Crippen LogP contribution is 2.30. The molecule has 1 unspecified atom stereocenters. The number of hydrogen-bond donors (Lipinski definition) is 0. The molecule has 0 saturated carbocycles. The maximum atomic E-state index is 9.35. The van der Waals surface area contributed by atoms with E-state index in [0.29, 0.717) is 0 Å². The van der Waals surface area contributed by atoms with Crippen molar-refractivity contribution in [1.29, 1.82) is 5.26 Å². The Kier molecular flexibility index (Phi) is 5.67. The zero-order valence-corrected chi connectivity index (χ0v) is 11.7. The SMILES string of the molecule is CCc1ccc(OC)c(C(C#N)CCN(C)C)c1. The van der Waals surface area contributed by atoms with Crippen LogP contribution in [0.5, 0.6) is 5.75 Å². The Balaban J connectivity index is 2.99. The molecular weight excluding hydrogens is 224 g/mol. The van der Waals surface area contributed by atoms with E-state index in [1.807, 2.05) is 20.2 Å². The molecule has 3 nitrogen and oxygen atoms in total. The summed E-state index contributed by atoms with van der Waals surface area (Å²) < 4.78 is 5.37. The van der Waals surface area contributed by atoms with Crippen molar-refractivity contribution < 1.29 is 4.74 Å². The number of nitriles is 1. The first-order valence-corrected chi connectivity index (χ1v) is 6.33. The van der Waals surface area contributed by atoms with Gasteiger partial charge in [-0.15, -0.1) is 0 Å². The zero-order chi connectivity index (χ0) is 13.5. The lowest BCUT2D eigenvalue weighted by Crippen LogP contribution is -2.15. The minimum Gasteiger partial charge on any atom is -0.496 e. The minimum atomic E-state index is -0.103. The molecule has 3 heteroatoms. The predicted octanol–water partition coefficient (Wildman–Crippen LogP) is 2.82. The Morgan fingerprint density at radius 2 is 2.11 bits per heavy atom. The molecule has 98 valence electrons. The molecule has 0 amide bonds. The second-order valence-corrected chi connectivity index (χ2v) is 4.70. The average molecular weight is 246 g/mol. The summed E-state index contributed by atoms with van der Waals surface area (Å²) in [7, 11) is 5.70. The van der Waals surface area contributed by atoms with Gasteiger partial charge in [0.2, 0.25) is 0 Å². The first-order chi connectivity index (χ1) is 8.62. The van der Waals surface area contributed by atoms with Gasteiger partial charge < -0.3 is 9.64 Å². The molecule has 18 heavy (non-hydrogen) atoms. The summed E-state index contributed by atoms with van der Waals surface area (Å²) in [4.78, 5) is 2.10. The molecule has 0 saturated heterocycles. The van der Waals surface area contributed by atoms with Crippen molar-refractivity contribution in [2.75, 3.05) is 27.7 Å². The molecule has 0 aliphatic carbocycles. The molecule has 1 rings (SSSR count). The lowest BCUT2D eigenvalue weighted by atomic mass is 9.94. The quantitative estimate of drug-likeness (QED) is 0.774. The summed E-state index contributed by atoms with van der Waals surface area (Å²) >= 11 is 0. The molecular formula is C15H22N2O. The number of aryl methyl sites for hydroxylation is 1. The predicted molar refractivity (Wildman–Crippen MR) is 73.9 cm³/mol. The Hall–Kier alpha value is -1.53. The number of methoxy groups -OCH3 is 1. The highest BCUT2D eigenvalue weighted by atomic mass is 16.5. The second kappa shape index (κ2) is 7.03. The molecule has 0 aromatic heterocycles. The summed E-state index contributed by atoms with van der Waals surface area (Å²) in [5.74, 6) is 0.714. The third kappa shape index (κ3) is 3.75. The van der Waals surface area contributed by atoms with Crippen LogP contribution in [0.3, 0.4) is 0 Å². The van der Waals surface area contributed by atoms with Crippen LogP contribution in [0.25, 0.3) is 0 Å². The monoisotopic (exact) mass is 246 g/mol. The number of nitrogens with zero attached hydrogens (tertiary/aromatic N) is 2. The van der Waals surface area contributed by atoms with Crippen molar-refractivity contribution >= 4 is 0 Å². The van der Waals surface area contributed by atoms with Gasteiger partial charge in [-0.1, -0.05) is 19.1 Å². The fraction of sp³-hybridized carbons (Fsp3) is 0.533. The van der Waals surface area contributed by atoms with Crippen LogP contribution in [0.15, 0.2) is 18.2 Å². The van der Waals surface area contributed by atoms with E-state index >= 15 is 0 Å². The second-order valence-electron chi connectivity index (χ2n) is 4.70. The molecule has 0 spiro atoms. The van der Waals surface area contributed by atoms with Crippen molar-refractivity contribution in [2.24, 2.45) is 0 Å². The summed E-state index contributed by atoms with van der Waals surface area (Å²) in [5.41, 5.74) is 2.26. The van der Waals surface area contributed by atoms with Crippen LogP contribution in [0.1, 0.15) is 30.4 Å². The van der Waals surface area contributed by atoms with Crippen molar-refractivity contribution in [3.8, 4) is 11.8 Å². The fourth-order valence-electron chi connectivity index (χ4n) is 1.95. The van der Waals surface area contributed by atoms with Crippen molar-refractivity contribution in [2.45, 2.75) is 25.7 Å². The van der Waals surface area contributed by atoms with E-state index in [-0.39, 0.29) is 5.92 Å². The highest BCUT2D eigenvalue weighted by Gasteiger charge is 2.16. The molecule has 1 atom stereocenters. The number of benzene rings is 1. The summed E-state index contributed by atoms with van der Waals surface area (Å²) in [6.07, 6.45) is 1.80. The van der Waals surface area contributed by atoms with Crippen LogP contribution in [0.2, 0.25) is 0 Å². The van der Waals surface area contributed by atoms with E-state index in [0.717, 1.165) is 30.7 Å². The van der Waals surface area contributed by atoms with Crippen molar-refractivity contribution in [3.05, 3.63) is 29.3 Å². The van der Waals surface area contributed by atoms with Crippen LogP contribution in [0.4, 0.5) is 0 Å². The first kappa shape index (κ1) is 14.5. The Bertz CT molecular complexity index is 421. The highest BCUT2D eigenvalue weighted by molar-refractivity contribution is 5.42. The van der Waals surface area contributed by atoms with Crippen molar-refractivity contribution in [3.63, 3.8) is 0 Å². The number of ether oxygens (including phenoxy) is 1. The Morgan fingerprint density at radius 3 is 2.61 bits per heavy atom. The van der Waals surface area contributed by atoms with Crippen LogP contribution in [-0.4, -0.2) is 32.6 Å². The normalized spacial score (nSPS) is 12.2. The maximum Gasteiger partial charge on any atom is 0.123 e. The molecule has 0 radical (unpaired) electrons. The average Bonchev–Trinajstić information content (AvgIpc) is 2.38. The van der Waals surface area contributed by atoms with Gasteiger partial charge in [-0.25, -0.2) is 0 Å². The molecule has 1 aromatic carbocycles. The van der Waals surface area contributed by atoms with E-state index in [1.54, 1.807) is 7.11 Å². The lowest BCUT2D eigenvalue weighted by Gasteiger charge is -2.17. The third-order valence-electron chi connectivity index (χ3n) is 3.10. The topological polar surface area (TPSA) is 36.3 Å². The van der Waals surface area contributed by atoms with E-state index in [9.17, 15) is 5.26 Å². The maximum absolute atomic E-state index is 9.35. The van der Waals surface area contributed by atoms with Gasteiger partial charge in [0.1, 0.15) is 5.75 Å². The molecule has 0 aliphatic rings. The van der Waals surface area contributed by atoms with Gasteiger partial charge in [-0.3, -0.25) is 0 Å². The minimum absolute atomic E-state index is 0.103. The standard InChI is InChI=1S/C15H22N2O/c1-5-12-6-7-15(18-4)14(10-12)13(11-16)8-9-17(2)3/h6-7,10,13H,5,8-9H2,1-4H3. The molecule has 0 heterocycles. The van der Waals surface area contributed by atoms with Crippen LogP contribution < -0.4 is 4.74 Å². The third-order valence-corrected chi connectivity index (χ3v) is 3.10. The molecule has 0 N–H and O–H groups in total. The van der Waals surface area contributed by atoms with Gasteiger partial charge in [0.05, 0.1) is 19.1 Å². The van der Waals surface area contributed by atoms with E-state index in [4.69, 9.17) is 4.74 Å². The van der Waals surface area contributed by atoms with E-state index in [2.05, 4.69) is 30.0 Å². The summed E-state index contributed by atoms with van der Waals surface area (Å²) in [6.45, 7) is 3.02. The van der Waals surface area contributed by atoms with Crippen LogP contribution >= 0.6 is 0 Å². The lowest BCUT2D eigenvalue weighted by molar-refractivity contribution is 0.383. The van der Waals surface area contributed by atoms with Crippen LogP contribution in [-0.2, 0) is 6.42 Å². The largest absolute Gasteiger partial charge is 0.496 e. The molecule has 0 fully saturated rings. The van der Waals surface area contributed by atoms with Crippen LogP contribution in [0, 0.1) is 11.3 Å². The number of hydrogen-bond acceptors (Lipinski definition) is 3. The van der Waals surface area contributed by atoms with E-state index in [1.165, 1.54) is 5.56 Å². The van der Waals surface area contributed by atoms with Gasteiger partial charge in [0.25, 0.3) is 0 Å². The molecule has 1 aromatic rings. The van der Waals surface area contributed by atoms with E-state index < -0.39 is 0 Å².